The van der Waals surface area contributed by atoms with E-state index in [2.05, 4.69) is 42.9 Å². The van der Waals surface area contributed by atoms with Crippen molar-refractivity contribution in [2.75, 3.05) is 33.7 Å². The molecule has 5 nitrogen and oxygen atoms in total. The molecule has 0 bridgehead atoms. The van der Waals surface area contributed by atoms with E-state index in [4.69, 9.17) is 10.9 Å². The molecule has 0 amide bonds. The number of nitrogens with zero attached hydrogens (tertiary/aromatic N) is 3. The molecular weight excluding hydrogens is 204 g/mol. The number of hydrogen-bond donors (Lipinski definition) is 2. The molecule has 96 valence electrons. The summed E-state index contributed by atoms with van der Waals surface area (Å²) in [6.07, 6.45) is 1.76. The first-order chi connectivity index (χ1) is 7.51. The third-order valence-corrected chi connectivity index (χ3v) is 2.71. The topological polar surface area (TPSA) is 65.1 Å². The fourth-order valence-electron chi connectivity index (χ4n) is 1.75. The molecule has 0 radical (unpaired) electrons. The summed E-state index contributed by atoms with van der Waals surface area (Å²) < 4.78 is 0. The number of amidine groups is 1. The second-order valence-corrected chi connectivity index (χ2v) is 4.43. The lowest BCUT2D eigenvalue weighted by Crippen LogP contribution is -2.37. The maximum absolute atomic E-state index is 8.52. The van der Waals surface area contributed by atoms with Gasteiger partial charge in [-0.3, -0.25) is 0 Å². The molecule has 0 spiro atoms. The van der Waals surface area contributed by atoms with E-state index in [0.29, 0.717) is 18.3 Å². The largest absolute Gasteiger partial charge is 0.409 e. The lowest BCUT2D eigenvalue weighted by molar-refractivity contribution is 0.210. The summed E-state index contributed by atoms with van der Waals surface area (Å²) in [6, 6.07) is 0.322. The van der Waals surface area contributed by atoms with Crippen LogP contribution < -0.4 is 5.73 Å². The van der Waals surface area contributed by atoms with Crippen LogP contribution in [0.3, 0.4) is 0 Å². The Morgan fingerprint density at radius 2 is 2.00 bits per heavy atom. The van der Waals surface area contributed by atoms with Crippen molar-refractivity contribution >= 4 is 5.84 Å². The summed E-state index contributed by atoms with van der Waals surface area (Å²) in [6.45, 7) is 7.38. The third kappa shape index (κ3) is 6.63. The van der Waals surface area contributed by atoms with E-state index in [-0.39, 0.29) is 0 Å². The van der Waals surface area contributed by atoms with Gasteiger partial charge in [-0.15, -0.1) is 0 Å². The van der Waals surface area contributed by atoms with E-state index >= 15 is 0 Å². The predicted molar refractivity (Wildman–Crippen MR) is 67.9 cm³/mol. The lowest BCUT2D eigenvalue weighted by atomic mass is 10.2. The SMILES string of the molecule is CCN(CCCN(C)C)C(C)CC(N)=NO. The molecule has 0 aliphatic rings. The van der Waals surface area contributed by atoms with E-state index in [1.165, 1.54) is 0 Å². The van der Waals surface area contributed by atoms with Crippen LogP contribution in [0.15, 0.2) is 5.16 Å². The van der Waals surface area contributed by atoms with E-state index in [1.807, 2.05) is 0 Å². The zero-order valence-corrected chi connectivity index (χ0v) is 11.0. The Morgan fingerprint density at radius 3 is 2.44 bits per heavy atom. The summed E-state index contributed by atoms with van der Waals surface area (Å²) in [5.41, 5.74) is 5.51. The van der Waals surface area contributed by atoms with E-state index in [0.717, 1.165) is 26.1 Å². The van der Waals surface area contributed by atoms with Crippen LogP contribution in [-0.2, 0) is 0 Å². The van der Waals surface area contributed by atoms with Crippen molar-refractivity contribution in [1.29, 1.82) is 0 Å². The maximum Gasteiger partial charge on any atom is 0.140 e. The van der Waals surface area contributed by atoms with Gasteiger partial charge < -0.3 is 20.7 Å². The van der Waals surface area contributed by atoms with Crippen molar-refractivity contribution in [3.8, 4) is 0 Å². The minimum atomic E-state index is 0.304. The van der Waals surface area contributed by atoms with Crippen molar-refractivity contribution < 1.29 is 5.21 Å². The predicted octanol–water partition coefficient (Wildman–Crippen LogP) is 0.785. The monoisotopic (exact) mass is 230 g/mol. The molecule has 0 fully saturated rings. The van der Waals surface area contributed by atoms with Gasteiger partial charge in [0.2, 0.25) is 0 Å². The van der Waals surface area contributed by atoms with Crippen molar-refractivity contribution in [3.05, 3.63) is 0 Å². The summed E-state index contributed by atoms with van der Waals surface area (Å²) in [7, 11) is 4.16. The first-order valence-corrected chi connectivity index (χ1v) is 5.86. The molecule has 0 aromatic heterocycles. The van der Waals surface area contributed by atoms with Crippen LogP contribution in [0.5, 0.6) is 0 Å². The van der Waals surface area contributed by atoms with E-state index in [9.17, 15) is 0 Å². The number of hydrogen-bond acceptors (Lipinski definition) is 4. The highest BCUT2D eigenvalue weighted by Gasteiger charge is 2.13. The average Bonchev–Trinajstić information content (AvgIpc) is 2.23. The molecule has 0 aliphatic heterocycles. The highest BCUT2D eigenvalue weighted by Crippen LogP contribution is 2.04. The van der Waals surface area contributed by atoms with Gasteiger partial charge in [0.15, 0.2) is 0 Å². The number of nitrogens with two attached hydrogens (primary N) is 1. The highest BCUT2D eigenvalue weighted by atomic mass is 16.4. The molecule has 0 rings (SSSR count). The molecule has 0 aromatic rings. The van der Waals surface area contributed by atoms with E-state index < -0.39 is 0 Å². The number of oxime groups is 1. The van der Waals surface area contributed by atoms with Gasteiger partial charge in [0.1, 0.15) is 5.84 Å². The first kappa shape index (κ1) is 15.2. The van der Waals surface area contributed by atoms with Crippen molar-refractivity contribution in [1.82, 2.24) is 9.80 Å². The standard InChI is InChI=1S/C11H26N4O/c1-5-15(8-6-7-14(3)4)10(2)9-11(12)13-16/h10,16H,5-9H2,1-4H3,(H2,12,13). The fraction of sp³-hybridized carbons (Fsp3) is 0.909. The third-order valence-electron chi connectivity index (χ3n) is 2.71. The Morgan fingerprint density at radius 1 is 1.38 bits per heavy atom. The Balaban J connectivity index is 3.96. The van der Waals surface area contributed by atoms with Crippen LogP contribution in [0.25, 0.3) is 0 Å². The molecule has 1 unspecified atom stereocenters. The second kappa shape index (κ2) is 8.35. The molecule has 0 aromatic carbocycles. The Bertz CT molecular complexity index is 206. The van der Waals surface area contributed by atoms with Gasteiger partial charge in [-0.1, -0.05) is 12.1 Å². The zero-order chi connectivity index (χ0) is 12.6. The van der Waals surface area contributed by atoms with Gasteiger partial charge in [0.05, 0.1) is 0 Å². The molecule has 0 aliphatic carbocycles. The first-order valence-electron chi connectivity index (χ1n) is 5.86. The summed E-state index contributed by atoms with van der Waals surface area (Å²) in [4.78, 5) is 4.53. The average molecular weight is 230 g/mol. The smallest absolute Gasteiger partial charge is 0.140 e. The van der Waals surface area contributed by atoms with Gasteiger partial charge in [0, 0.05) is 12.5 Å². The lowest BCUT2D eigenvalue weighted by Gasteiger charge is -2.27. The quantitative estimate of drug-likeness (QED) is 0.280. The highest BCUT2D eigenvalue weighted by molar-refractivity contribution is 5.80. The summed E-state index contributed by atoms with van der Waals surface area (Å²) >= 11 is 0. The van der Waals surface area contributed by atoms with Gasteiger partial charge in [-0.05, 0) is 47.1 Å². The van der Waals surface area contributed by atoms with Crippen LogP contribution in [0.1, 0.15) is 26.7 Å². The fourth-order valence-corrected chi connectivity index (χ4v) is 1.75. The minimum Gasteiger partial charge on any atom is -0.409 e. The summed E-state index contributed by atoms with van der Waals surface area (Å²) in [5.74, 6) is 0.304. The molecule has 3 N–H and O–H groups in total. The van der Waals surface area contributed by atoms with Crippen LogP contribution in [0.4, 0.5) is 0 Å². The van der Waals surface area contributed by atoms with Crippen molar-refractivity contribution in [3.63, 3.8) is 0 Å². The van der Waals surface area contributed by atoms with Gasteiger partial charge in [-0.25, -0.2) is 0 Å². The molecule has 5 heteroatoms. The normalized spacial score (nSPS) is 14.8. The van der Waals surface area contributed by atoms with Crippen LogP contribution >= 0.6 is 0 Å². The maximum atomic E-state index is 8.52. The molecule has 0 saturated carbocycles. The van der Waals surface area contributed by atoms with E-state index in [1.54, 1.807) is 0 Å². The van der Waals surface area contributed by atoms with Crippen LogP contribution in [-0.4, -0.2) is 60.6 Å². The molecule has 0 heterocycles. The molecule has 1 atom stereocenters. The Labute approximate surface area is 98.9 Å². The van der Waals surface area contributed by atoms with Crippen molar-refractivity contribution in [2.24, 2.45) is 10.9 Å². The van der Waals surface area contributed by atoms with Gasteiger partial charge in [-0.2, -0.15) is 0 Å². The van der Waals surface area contributed by atoms with Gasteiger partial charge in [0.25, 0.3) is 0 Å². The molecular formula is C11H26N4O. The molecule has 16 heavy (non-hydrogen) atoms. The summed E-state index contributed by atoms with van der Waals surface area (Å²) in [5, 5.41) is 11.5. The zero-order valence-electron chi connectivity index (χ0n) is 11.0. The second-order valence-electron chi connectivity index (χ2n) is 4.43. The Kier molecular flexibility index (Phi) is 7.93. The Hall–Kier alpha value is -0.810. The number of rotatable bonds is 8. The van der Waals surface area contributed by atoms with Gasteiger partial charge >= 0.3 is 0 Å². The molecule has 0 saturated heterocycles. The minimum absolute atomic E-state index is 0.304. The van der Waals surface area contributed by atoms with Crippen LogP contribution in [0.2, 0.25) is 0 Å². The van der Waals surface area contributed by atoms with Crippen molar-refractivity contribution in [2.45, 2.75) is 32.7 Å². The van der Waals surface area contributed by atoms with Crippen LogP contribution in [0, 0.1) is 0 Å².